The van der Waals surface area contributed by atoms with E-state index >= 15 is 0 Å². The number of aromatic nitrogens is 1. The maximum Gasteiger partial charge on any atom is 0.336 e. The summed E-state index contributed by atoms with van der Waals surface area (Å²) in [7, 11) is 1.53. The van der Waals surface area contributed by atoms with Gasteiger partial charge in [0.25, 0.3) is 0 Å². The van der Waals surface area contributed by atoms with Crippen molar-refractivity contribution in [3.05, 3.63) is 57.3 Å². The van der Waals surface area contributed by atoms with Crippen LogP contribution in [0.2, 0.25) is 0 Å². The molecule has 0 spiro atoms. The summed E-state index contributed by atoms with van der Waals surface area (Å²) in [6.07, 6.45) is 0. The Kier molecular flexibility index (Phi) is 5.85. The number of esters is 1. The summed E-state index contributed by atoms with van der Waals surface area (Å²) in [6.45, 7) is 3.71. The molecule has 0 N–H and O–H groups in total. The largest absolute Gasteiger partial charge is 0.497 e. The molecule has 0 aliphatic heterocycles. The van der Waals surface area contributed by atoms with Crippen molar-refractivity contribution in [2.45, 2.75) is 26.2 Å². The number of hydrogen-bond acceptors (Lipinski definition) is 8. The quantitative estimate of drug-likeness (QED) is 0.449. The lowest BCUT2D eigenvalue weighted by atomic mass is 10.1. The van der Waals surface area contributed by atoms with Crippen molar-refractivity contribution in [2.75, 3.05) is 12.9 Å². The van der Waals surface area contributed by atoms with E-state index in [1.165, 1.54) is 24.9 Å². The zero-order valence-corrected chi connectivity index (χ0v) is 16.1. The second-order valence-electron chi connectivity index (χ2n) is 5.91. The fourth-order valence-corrected chi connectivity index (χ4v) is 3.57. The Labute approximate surface area is 159 Å². The van der Waals surface area contributed by atoms with Gasteiger partial charge in [-0.3, -0.25) is 4.79 Å². The van der Waals surface area contributed by atoms with Gasteiger partial charge >= 0.3 is 11.6 Å². The molecule has 3 rings (SSSR count). The molecule has 142 valence electrons. The minimum Gasteiger partial charge on any atom is -0.497 e. The minimum absolute atomic E-state index is 0.000850. The second-order valence-corrected chi connectivity index (χ2v) is 6.89. The van der Waals surface area contributed by atoms with Gasteiger partial charge in [0.2, 0.25) is 0 Å². The molecule has 0 saturated carbocycles. The van der Waals surface area contributed by atoms with E-state index in [0.29, 0.717) is 28.0 Å². The van der Waals surface area contributed by atoms with Crippen LogP contribution >= 0.6 is 11.8 Å². The van der Waals surface area contributed by atoms with Gasteiger partial charge in [-0.1, -0.05) is 5.16 Å². The molecular weight excluding hydrogens is 370 g/mol. The predicted octanol–water partition coefficient (Wildman–Crippen LogP) is 3.38. The number of nitrogens with zero attached hydrogens (tertiary/aromatic N) is 1. The van der Waals surface area contributed by atoms with E-state index in [4.69, 9.17) is 18.4 Å². The van der Waals surface area contributed by atoms with Crippen molar-refractivity contribution >= 4 is 28.7 Å². The SMILES string of the molecule is COc1ccc2c(COC(=O)CSCc3c(C)noc3C)cc(=O)oc2c1. The molecule has 0 unspecified atom stereocenters. The van der Waals surface area contributed by atoms with E-state index in [1.54, 1.807) is 18.2 Å². The van der Waals surface area contributed by atoms with E-state index in [-0.39, 0.29) is 18.3 Å². The summed E-state index contributed by atoms with van der Waals surface area (Å²) in [5.74, 6) is 1.79. The zero-order valence-electron chi connectivity index (χ0n) is 15.2. The molecule has 0 radical (unpaired) electrons. The van der Waals surface area contributed by atoms with Gasteiger partial charge in [0.05, 0.1) is 18.6 Å². The number of rotatable bonds is 7. The Balaban J connectivity index is 1.61. The first-order chi connectivity index (χ1) is 13.0. The number of carbonyl (C=O) groups is 1. The van der Waals surface area contributed by atoms with E-state index in [0.717, 1.165) is 17.0 Å². The minimum atomic E-state index is -0.505. The molecule has 0 amide bonds. The van der Waals surface area contributed by atoms with E-state index in [9.17, 15) is 9.59 Å². The van der Waals surface area contributed by atoms with Gasteiger partial charge in [-0.05, 0) is 26.0 Å². The second kappa shape index (κ2) is 8.30. The number of aryl methyl sites for hydroxylation is 2. The Morgan fingerprint density at radius 2 is 2.07 bits per heavy atom. The summed E-state index contributed by atoms with van der Waals surface area (Å²) in [6, 6.07) is 6.49. The molecule has 8 heteroatoms. The summed E-state index contributed by atoms with van der Waals surface area (Å²) < 4.78 is 20.7. The topological polar surface area (TPSA) is 91.8 Å². The Bertz CT molecular complexity index is 1000. The third kappa shape index (κ3) is 4.51. The smallest absolute Gasteiger partial charge is 0.336 e. The fourth-order valence-electron chi connectivity index (χ4n) is 2.60. The molecule has 0 atom stereocenters. The van der Waals surface area contributed by atoms with Crippen LogP contribution in [0.15, 0.2) is 38.0 Å². The number of hydrogen-bond donors (Lipinski definition) is 0. The van der Waals surface area contributed by atoms with Gasteiger partial charge in [-0.2, -0.15) is 0 Å². The lowest BCUT2D eigenvalue weighted by molar-refractivity contribution is -0.141. The molecule has 27 heavy (non-hydrogen) atoms. The fraction of sp³-hybridized carbons (Fsp3) is 0.316. The number of carbonyl (C=O) groups excluding carboxylic acids is 1. The Hall–Kier alpha value is -2.74. The zero-order chi connectivity index (χ0) is 19.4. The molecule has 2 aromatic heterocycles. The van der Waals surface area contributed by atoms with Crippen molar-refractivity contribution in [3.8, 4) is 5.75 Å². The highest BCUT2D eigenvalue weighted by atomic mass is 32.2. The standard InChI is InChI=1S/C19H19NO6S/c1-11-16(12(2)26-20-11)9-27-10-19(22)24-8-13-6-18(21)25-17-7-14(23-3)4-5-15(13)17/h4-7H,8-10H2,1-3H3. The third-order valence-corrected chi connectivity index (χ3v) is 5.01. The van der Waals surface area contributed by atoms with Crippen molar-refractivity contribution in [1.29, 1.82) is 0 Å². The van der Waals surface area contributed by atoms with Crippen LogP contribution in [0.3, 0.4) is 0 Å². The third-order valence-electron chi connectivity index (χ3n) is 4.07. The highest BCUT2D eigenvalue weighted by Crippen LogP contribution is 2.23. The number of thioether (sulfide) groups is 1. The first kappa shape index (κ1) is 19.0. The van der Waals surface area contributed by atoms with Gasteiger partial charge in [-0.15, -0.1) is 11.8 Å². The van der Waals surface area contributed by atoms with Crippen molar-refractivity contribution < 1.29 is 23.2 Å². The highest BCUT2D eigenvalue weighted by Gasteiger charge is 2.12. The summed E-state index contributed by atoms with van der Waals surface area (Å²) >= 11 is 1.42. The van der Waals surface area contributed by atoms with Gasteiger partial charge in [0.15, 0.2) is 0 Å². The number of benzene rings is 1. The van der Waals surface area contributed by atoms with Crippen LogP contribution in [0.4, 0.5) is 0 Å². The molecule has 3 aromatic rings. The maximum absolute atomic E-state index is 12.0. The molecule has 2 heterocycles. The molecule has 7 nitrogen and oxygen atoms in total. The van der Waals surface area contributed by atoms with Crippen LogP contribution < -0.4 is 10.4 Å². The summed E-state index contributed by atoms with van der Waals surface area (Å²) in [5.41, 5.74) is 2.29. The lowest BCUT2D eigenvalue weighted by Crippen LogP contribution is -2.09. The van der Waals surface area contributed by atoms with Crippen molar-refractivity contribution in [1.82, 2.24) is 5.16 Å². The maximum atomic E-state index is 12.0. The Morgan fingerprint density at radius 3 is 2.78 bits per heavy atom. The molecule has 0 aliphatic rings. The number of methoxy groups -OCH3 is 1. The van der Waals surface area contributed by atoms with Crippen LogP contribution in [0.25, 0.3) is 11.0 Å². The van der Waals surface area contributed by atoms with Crippen molar-refractivity contribution in [2.24, 2.45) is 0 Å². The summed E-state index contributed by atoms with van der Waals surface area (Å²) in [4.78, 5) is 23.8. The molecular formula is C19H19NO6S. The first-order valence-corrected chi connectivity index (χ1v) is 9.39. The molecule has 1 aromatic carbocycles. The predicted molar refractivity (Wildman–Crippen MR) is 101 cm³/mol. The van der Waals surface area contributed by atoms with Crippen LogP contribution in [0, 0.1) is 13.8 Å². The van der Waals surface area contributed by atoms with Crippen LogP contribution in [0.5, 0.6) is 5.75 Å². The van der Waals surface area contributed by atoms with Crippen LogP contribution in [0.1, 0.15) is 22.6 Å². The molecule has 0 aliphatic carbocycles. The van der Waals surface area contributed by atoms with E-state index in [1.807, 2.05) is 13.8 Å². The van der Waals surface area contributed by atoms with Gasteiger partial charge in [0, 0.05) is 34.4 Å². The Morgan fingerprint density at radius 1 is 1.26 bits per heavy atom. The van der Waals surface area contributed by atoms with Gasteiger partial charge < -0.3 is 18.4 Å². The average Bonchev–Trinajstić information content (AvgIpc) is 2.97. The monoisotopic (exact) mass is 389 g/mol. The van der Waals surface area contributed by atoms with E-state index < -0.39 is 5.63 Å². The number of ether oxygens (including phenoxy) is 2. The molecule has 0 bridgehead atoms. The summed E-state index contributed by atoms with van der Waals surface area (Å²) in [5, 5.41) is 4.59. The normalized spacial score (nSPS) is 10.9. The molecule has 0 saturated heterocycles. The lowest BCUT2D eigenvalue weighted by Gasteiger charge is -2.08. The average molecular weight is 389 g/mol. The van der Waals surface area contributed by atoms with Gasteiger partial charge in [0.1, 0.15) is 23.7 Å². The molecule has 0 fully saturated rings. The van der Waals surface area contributed by atoms with Crippen LogP contribution in [-0.4, -0.2) is 24.0 Å². The van der Waals surface area contributed by atoms with Gasteiger partial charge in [-0.25, -0.2) is 4.79 Å². The highest BCUT2D eigenvalue weighted by molar-refractivity contribution is 7.99. The van der Waals surface area contributed by atoms with Crippen LogP contribution in [-0.2, 0) is 21.9 Å². The van der Waals surface area contributed by atoms with E-state index in [2.05, 4.69) is 5.16 Å². The van der Waals surface area contributed by atoms with Crippen molar-refractivity contribution in [3.63, 3.8) is 0 Å². The first-order valence-electron chi connectivity index (χ1n) is 8.24. The number of fused-ring (bicyclic) bond motifs is 1.